The van der Waals surface area contributed by atoms with Gasteiger partial charge in [0.2, 0.25) is 5.91 Å². The van der Waals surface area contributed by atoms with Gasteiger partial charge in [-0.15, -0.1) is 0 Å². The second-order valence-corrected chi connectivity index (χ2v) is 6.28. The molecule has 0 spiro atoms. The molecule has 108 valence electrons. The van der Waals surface area contributed by atoms with Crippen LogP contribution in [0.15, 0.2) is 0 Å². The molecule has 7 heteroatoms. The summed E-state index contributed by atoms with van der Waals surface area (Å²) in [5.41, 5.74) is 0. The van der Waals surface area contributed by atoms with Gasteiger partial charge < -0.3 is 18.8 Å². The first kappa shape index (κ1) is 17.6. The summed E-state index contributed by atoms with van der Waals surface area (Å²) in [6.07, 6.45) is -0.196. The highest BCUT2D eigenvalue weighted by molar-refractivity contribution is 7.54. The van der Waals surface area contributed by atoms with Gasteiger partial charge in [-0.3, -0.25) is 9.36 Å². The maximum Gasteiger partial charge on any atom is 0.340 e. The number of carbonyl (C=O) groups excluding carboxylic acids is 1. The third-order valence-electron chi connectivity index (χ3n) is 2.29. The highest BCUT2D eigenvalue weighted by Crippen LogP contribution is 2.47. The molecule has 0 radical (unpaired) electrons. The van der Waals surface area contributed by atoms with E-state index >= 15 is 0 Å². The van der Waals surface area contributed by atoms with Gasteiger partial charge >= 0.3 is 7.60 Å². The van der Waals surface area contributed by atoms with Gasteiger partial charge in [0, 0.05) is 20.1 Å². The summed E-state index contributed by atoms with van der Waals surface area (Å²) in [7, 11) is 2.28. The molecule has 0 saturated carbocycles. The second-order valence-electron chi connectivity index (χ2n) is 4.22. The van der Waals surface area contributed by atoms with E-state index in [2.05, 4.69) is 0 Å². The number of amides is 1. The van der Waals surface area contributed by atoms with Crippen LogP contribution in [0.4, 0.5) is 0 Å². The number of likely N-dealkylation sites (N-methyl/N-ethyl adjacent to an activating group) is 2. The van der Waals surface area contributed by atoms with Gasteiger partial charge in [-0.05, 0) is 27.9 Å². The van der Waals surface area contributed by atoms with E-state index < -0.39 is 7.60 Å². The molecule has 0 aliphatic rings. The van der Waals surface area contributed by atoms with Gasteiger partial charge in [-0.1, -0.05) is 0 Å². The standard InChI is InChI=1S/C11H25N2O4P/c1-6-16-18(15,17-7-2)10-11(14)13(5)9-8-12(3)4/h6-10H2,1-5H3. The van der Waals surface area contributed by atoms with E-state index in [0.29, 0.717) is 6.54 Å². The molecule has 0 aliphatic heterocycles. The van der Waals surface area contributed by atoms with Crippen LogP contribution in [-0.2, 0) is 18.4 Å². The van der Waals surface area contributed by atoms with Crippen LogP contribution in [0.5, 0.6) is 0 Å². The van der Waals surface area contributed by atoms with E-state index in [-0.39, 0.29) is 25.3 Å². The van der Waals surface area contributed by atoms with Gasteiger partial charge in [0.05, 0.1) is 13.2 Å². The minimum atomic E-state index is -3.28. The molecule has 0 atom stereocenters. The van der Waals surface area contributed by atoms with E-state index in [4.69, 9.17) is 9.05 Å². The maximum absolute atomic E-state index is 12.2. The highest BCUT2D eigenvalue weighted by Gasteiger charge is 2.29. The van der Waals surface area contributed by atoms with Crippen molar-refractivity contribution >= 4 is 13.5 Å². The molecular weight excluding hydrogens is 255 g/mol. The molecule has 0 heterocycles. The largest absolute Gasteiger partial charge is 0.344 e. The fraction of sp³-hybridized carbons (Fsp3) is 0.909. The predicted octanol–water partition coefficient (Wildman–Crippen LogP) is 1.27. The molecule has 6 nitrogen and oxygen atoms in total. The summed E-state index contributed by atoms with van der Waals surface area (Å²) >= 11 is 0. The molecule has 0 saturated heterocycles. The van der Waals surface area contributed by atoms with Crippen molar-refractivity contribution in [3.05, 3.63) is 0 Å². The lowest BCUT2D eigenvalue weighted by molar-refractivity contribution is -0.127. The third kappa shape index (κ3) is 7.11. The molecule has 0 rings (SSSR count). The summed E-state index contributed by atoms with van der Waals surface area (Å²) in [5.74, 6) is -0.220. The summed E-state index contributed by atoms with van der Waals surface area (Å²) in [6.45, 7) is 5.34. The summed E-state index contributed by atoms with van der Waals surface area (Å²) < 4.78 is 22.3. The lowest BCUT2D eigenvalue weighted by Crippen LogP contribution is -2.35. The zero-order valence-corrected chi connectivity index (χ0v) is 12.9. The highest BCUT2D eigenvalue weighted by atomic mass is 31.2. The van der Waals surface area contributed by atoms with Gasteiger partial charge in [0.15, 0.2) is 0 Å². The number of hydrogen-bond acceptors (Lipinski definition) is 5. The van der Waals surface area contributed by atoms with Crippen molar-refractivity contribution in [2.24, 2.45) is 0 Å². The minimum Gasteiger partial charge on any atom is -0.344 e. The molecule has 0 unspecified atom stereocenters. The van der Waals surface area contributed by atoms with Crippen LogP contribution in [0.25, 0.3) is 0 Å². The van der Waals surface area contributed by atoms with Gasteiger partial charge in [-0.25, -0.2) is 0 Å². The fourth-order valence-electron chi connectivity index (χ4n) is 1.28. The molecular formula is C11H25N2O4P. The van der Waals surface area contributed by atoms with Crippen molar-refractivity contribution in [2.75, 3.05) is 53.6 Å². The zero-order valence-electron chi connectivity index (χ0n) is 12.0. The van der Waals surface area contributed by atoms with Crippen molar-refractivity contribution in [3.8, 4) is 0 Å². The van der Waals surface area contributed by atoms with Crippen LogP contribution < -0.4 is 0 Å². The molecule has 0 aromatic heterocycles. The van der Waals surface area contributed by atoms with Crippen LogP contribution in [0.1, 0.15) is 13.8 Å². The average molecular weight is 280 g/mol. The van der Waals surface area contributed by atoms with Crippen molar-refractivity contribution in [1.82, 2.24) is 9.80 Å². The Morgan fingerprint density at radius 2 is 1.56 bits per heavy atom. The van der Waals surface area contributed by atoms with Crippen molar-refractivity contribution in [2.45, 2.75) is 13.8 Å². The first-order chi connectivity index (χ1) is 8.34. The number of rotatable bonds is 9. The smallest absolute Gasteiger partial charge is 0.340 e. The molecule has 0 aromatic carbocycles. The summed E-state index contributed by atoms with van der Waals surface area (Å²) in [6, 6.07) is 0. The summed E-state index contributed by atoms with van der Waals surface area (Å²) in [5, 5.41) is 0. The van der Waals surface area contributed by atoms with Crippen LogP contribution >= 0.6 is 7.60 Å². The average Bonchev–Trinajstić information content (AvgIpc) is 2.25. The second kappa shape index (κ2) is 8.64. The Morgan fingerprint density at radius 3 is 1.94 bits per heavy atom. The van der Waals surface area contributed by atoms with Gasteiger partial charge in [0.25, 0.3) is 0 Å². The molecule has 0 aromatic rings. The van der Waals surface area contributed by atoms with Gasteiger partial charge in [0.1, 0.15) is 6.16 Å². The van der Waals surface area contributed by atoms with E-state index in [9.17, 15) is 9.36 Å². The number of nitrogens with zero attached hydrogens (tertiary/aromatic N) is 2. The quantitative estimate of drug-likeness (QED) is 0.595. The van der Waals surface area contributed by atoms with Crippen molar-refractivity contribution in [3.63, 3.8) is 0 Å². The topological polar surface area (TPSA) is 59.1 Å². The Balaban J connectivity index is 4.36. The lowest BCUT2D eigenvalue weighted by Gasteiger charge is -2.22. The Kier molecular flexibility index (Phi) is 8.44. The SMILES string of the molecule is CCOP(=O)(CC(=O)N(C)CCN(C)C)OCC. The molecule has 18 heavy (non-hydrogen) atoms. The Bertz CT molecular complexity index is 287. The Morgan fingerprint density at radius 1 is 1.06 bits per heavy atom. The fourth-order valence-corrected chi connectivity index (χ4v) is 2.90. The Hall–Kier alpha value is -0.420. The van der Waals surface area contributed by atoms with Crippen molar-refractivity contribution < 1.29 is 18.4 Å². The molecule has 0 fully saturated rings. The first-order valence-corrected chi connectivity index (χ1v) is 7.84. The number of hydrogen-bond donors (Lipinski definition) is 0. The predicted molar refractivity (Wildman–Crippen MR) is 71.9 cm³/mol. The molecule has 1 amide bonds. The van der Waals surface area contributed by atoms with Crippen LogP contribution in [0, 0.1) is 0 Å². The van der Waals surface area contributed by atoms with Crippen molar-refractivity contribution in [1.29, 1.82) is 0 Å². The number of carbonyl (C=O) groups is 1. The summed E-state index contributed by atoms with van der Waals surface area (Å²) in [4.78, 5) is 15.4. The maximum atomic E-state index is 12.2. The molecule has 0 aliphatic carbocycles. The third-order valence-corrected chi connectivity index (χ3v) is 4.25. The first-order valence-electron chi connectivity index (χ1n) is 6.11. The van der Waals surface area contributed by atoms with Crippen LogP contribution in [0.2, 0.25) is 0 Å². The normalized spacial score (nSPS) is 11.9. The minimum absolute atomic E-state index is 0.196. The van der Waals surface area contributed by atoms with Gasteiger partial charge in [-0.2, -0.15) is 0 Å². The monoisotopic (exact) mass is 280 g/mol. The molecule has 0 bridgehead atoms. The van der Waals surface area contributed by atoms with Crippen LogP contribution in [0.3, 0.4) is 0 Å². The van der Waals surface area contributed by atoms with E-state index in [1.54, 1.807) is 25.8 Å². The van der Waals surface area contributed by atoms with E-state index in [1.165, 1.54) is 0 Å². The lowest BCUT2D eigenvalue weighted by atomic mass is 10.5. The van der Waals surface area contributed by atoms with E-state index in [1.807, 2.05) is 19.0 Å². The zero-order chi connectivity index (χ0) is 14.2. The van der Waals surface area contributed by atoms with Crippen LogP contribution in [-0.4, -0.2) is 69.3 Å². The molecule has 0 N–H and O–H groups in total. The van der Waals surface area contributed by atoms with E-state index in [0.717, 1.165) is 6.54 Å². The Labute approximate surface area is 110 Å².